The number of benzene rings is 2. The maximum absolute atomic E-state index is 12.9. The van der Waals surface area contributed by atoms with Crippen molar-refractivity contribution in [1.29, 1.82) is 0 Å². The van der Waals surface area contributed by atoms with Crippen LogP contribution in [0.1, 0.15) is 31.5 Å². The van der Waals surface area contributed by atoms with Gasteiger partial charge in [-0.3, -0.25) is 9.69 Å². The van der Waals surface area contributed by atoms with Crippen LogP contribution in [0.4, 0.5) is 5.69 Å². The van der Waals surface area contributed by atoms with E-state index < -0.39 is 0 Å². The quantitative estimate of drug-likeness (QED) is 0.762. The first kappa shape index (κ1) is 16.9. The van der Waals surface area contributed by atoms with Crippen LogP contribution in [-0.2, 0) is 11.8 Å². The maximum Gasteiger partial charge on any atom is 0.241 e. The molecule has 0 aliphatic carbocycles. The summed E-state index contributed by atoms with van der Waals surface area (Å²) in [5.41, 5.74) is 2.14. The van der Waals surface area contributed by atoms with Crippen LogP contribution < -0.4 is 5.32 Å². The fourth-order valence-corrected chi connectivity index (χ4v) is 4.06. The number of hydrogen-bond donors (Lipinski definition) is 1. The van der Waals surface area contributed by atoms with Gasteiger partial charge in [0.25, 0.3) is 0 Å². The Morgan fingerprint density at radius 2 is 1.92 bits per heavy atom. The highest BCUT2D eigenvalue weighted by atomic mass is 16.2. The molecule has 1 saturated heterocycles. The summed E-state index contributed by atoms with van der Waals surface area (Å²) >= 11 is 0. The van der Waals surface area contributed by atoms with Crippen molar-refractivity contribution in [3.63, 3.8) is 0 Å². The Balaban J connectivity index is 1.50. The fraction of sp³-hybridized carbons (Fsp3) is 0.318. The zero-order chi connectivity index (χ0) is 18.1. The van der Waals surface area contributed by atoms with E-state index in [9.17, 15) is 4.79 Å². The lowest BCUT2D eigenvalue weighted by Gasteiger charge is -2.30. The average molecular weight is 347 g/mol. The monoisotopic (exact) mass is 347 g/mol. The standard InChI is InChI=1S/C22H25N3O/c1-16(25-14-6-10-21(25)20-9-5-13-24(20)2)22(26)23-19-12-11-17-7-3-4-8-18(17)15-19/h3-5,7-9,11-13,15-16,21H,6,10,14H2,1-2H3,(H,23,26)/t16-,21+/m0/s1. The van der Waals surface area contributed by atoms with Gasteiger partial charge in [0.2, 0.25) is 5.91 Å². The number of amides is 1. The number of anilines is 1. The fourth-order valence-electron chi connectivity index (χ4n) is 4.06. The number of rotatable bonds is 4. The van der Waals surface area contributed by atoms with Crippen molar-refractivity contribution in [1.82, 2.24) is 9.47 Å². The van der Waals surface area contributed by atoms with Crippen LogP contribution in [-0.4, -0.2) is 28.0 Å². The first-order valence-electron chi connectivity index (χ1n) is 9.30. The molecule has 1 N–H and O–H groups in total. The van der Waals surface area contributed by atoms with Crippen LogP contribution in [0, 0.1) is 0 Å². The molecule has 2 aromatic carbocycles. The van der Waals surface area contributed by atoms with E-state index in [1.54, 1.807) is 0 Å². The number of aryl methyl sites for hydroxylation is 1. The summed E-state index contributed by atoms with van der Waals surface area (Å²) in [5.74, 6) is 0.0568. The summed E-state index contributed by atoms with van der Waals surface area (Å²) < 4.78 is 2.16. The summed E-state index contributed by atoms with van der Waals surface area (Å²) in [6, 6.07) is 18.7. The molecule has 4 rings (SSSR count). The summed E-state index contributed by atoms with van der Waals surface area (Å²) in [5, 5.41) is 5.43. The van der Waals surface area contributed by atoms with E-state index in [1.165, 1.54) is 11.1 Å². The minimum Gasteiger partial charge on any atom is -0.353 e. The molecule has 26 heavy (non-hydrogen) atoms. The second kappa shape index (κ2) is 6.96. The second-order valence-electron chi connectivity index (χ2n) is 7.17. The van der Waals surface area contributed by atoms with E-state index in [2.05, 4.69) is 58.4 Å². The van der Waals surface area contributed by atoms with E-state index in [-0.39, 0.29) is 11.9 Å². The van der Waals surface area contributed by atoms with E-state index in [1.807, 2.05) is 31.2 Å². The van der Waals surface area contributed by atoms with Crippen LogP contribution in [0.25, 0.3) is 10.8 Å². The Labute approximate surface area is 154 Å². The molecule has 0 saturated carbocycles. The zero-order valence-corrected chi connectivity index (χ0v) is 15.4. The molecule has 1 aromatic heterocycles. The van der Waals surface area contributed by atoms with Gasteiger partial charge in [-0.2, -0.15) is 0 Å². The second-order valence-corrected chi connectivity index (χ2v) is 7.17. The lowest BCUT2D eigenvalue weighted by molar-refractivity contribution is -0.121. The lowest BCUT2D eigenvalue weighted by Crippen LogP contribution is -2.42. The molecule has 1 aliphatic heterocycles. The van der Waals surface area contributed by atoms with Gasteiger partial charge in [-0.05, 0) is 61.3 Å². The van der Waals surface area contributed by atoms with Gasteiger partial charge in [-0.25, -0.2) is 0 Å². The number of nitrogens with one attached hydrogen (secondary N) is 1. The van der Waals surface area contributed by atoms with Gasteiger partial charge in [-0.1, -0.05) is 30.3 Å². The highest BCUT2D eigenvalue weighted by Crippen LogP contribution is 2.33. The molecule has 4 nitrogen and oxygen atoms in total. The van der Waals surface area contributed by atoms with Gasteiger partial charge >= 0.3 is 0 Å². The van der Waals surface area contributed by atoms with Gasteiger partial charge in [0.05, 0.1) is 12.1 Å². The molecule has 1 amide bonds. The Morgan fingerprint density at radius 1 is 1.12 bits per heavy atom. The Hall–Kier alpha value is -2.59. The van der Waals surface area contributed by atoms with Crippen molar-refractivity contribution in [2.24, 2.45) is 7.05 Å². The van der Waals surface area contributed by atoms with Crippen molar-refractivity contribution >= 4 is 22.4 Å². The first-order chi connectivity index (χ1) is 12.6. The topological polar surface area (TPSA) is 37.3 Å². The highest BCUT2D eigenvalue weighted by molar-refractivity contribution is 5.97. The molecule has 0 unspecified atom stereocenters. The van der Waals surface area contributed by atoms with Crippen molar-refractivity contribution in [3.05, 3.63) is 66.5 Å². The Bertz CT molecular complexity index is 930. The lowest BCUT2D eigenvalue weighted by atomic mass is 10.1. The molecule has 2 atom stereocenters. The number of likely N-dealkylation sites (tertiary alicyclic amines) is 1. The van der Waals surface area contributed by atoms with Crippen LogP contribution >= 0.6 is 0 Å². The Kier molecular flexibility index (Phi) is 4.51. The number of carbonyl (C=O) groups is 1. The van der Waals surface area contributed by atoms with Crippen molar-refractivity contribution in [2.45, 2.75) is 31.8 Å². The third kappa shape index (κ3) is 3.13. The predicted molar refractivity (Wildman–Crippen MR) is 106 cm³/mol. The maximum atomic E-state index is 12.9. The third-order valence-corrected chi connectivity index (χ3v) is 5.51. The molecule has 0 bridgehead atoms. The minimum absolute atomic E-state index is 0.0568. The van der Waals surface area contributed by atoms with Crippen molar-refractivity contribution in [3.8, 4) is 0 Å². The molecule has 4 heteroatoms. The third-order valence-electron chi connectivity index (χ3n) is 5.51. The van der Waals surface area contributed by atoms with Crippen molar-refractivity contribution in [2.75, 3.05) is 11.9 Å². The molecule has 134 valence electrons. The molecular formula is C22H25N3O. The van der Waals surface area contributed by atoms with E-state index in [0.717, 1.165) is 30.5 Å². The SMILES string of the molecule is C[C@@H](C(=O)Nc1ccc2ccccc2c1)N1CCC[C@@H]1c1cccn1C. The van der Waals surface area contributed by atoms with E-state index >= 15 is 0 Å². The number of nitrogens with zero attached hydrogens (tertiary/aromatic N) is 2. The van der Waals surface area contributed by atoms with Gasteiger partial charge < -0.3 is 9.88 Å². The van der Waals surface area contributed by atoms with Gasteiger partial charge in [0.1, 0.15) is 0 Å². The summed E-state index contributed by atoms with van der Waals surface area (Å²) in [6.45, 7) is 2.97. The van der Waals surface area contributed by atoms with Crippen LogP contribution in [0.2, 0.25) is 0 Å². The van der Waals surface area contributed by atoms with Gasteiger partial charge in [-0.15, -0.1) is 0 Å². The minimum atomic E-state index is -0.163. The number of carbonyl (C=O) groups excluding carboxylic acids is 1. The van der Waals surface area contributed by atoms with Crippen molar-refractivity contribution < 1.29 is 4.79 Å². The van der Waals surface area contributed by atoms with Gasteiger partial charge in [0, 0.05) is 24.6 Å². The number of hydrogen-bond acceptors (Lipinski definition) is 2. The predicted octanol–water partition coefficient (Wildman–Crippen LogP) is 4.34. The van der Waals surface area contributed by atoms with E-state index in [0.29, 0.717) is 6.04 Å². The molecule has 2 heterocycles. The normalized spacial score (nSPS) is 18.9. The largest absolute Gasteiger partial charge is 0.353 e. The molecule has 1 aliphatic rings. The Morgan fingerprint density at radius 3 is 2.69 bits per heavy atom. The summed E-state index contributed by atoms with van der Waals surface area (Å²) in [4.78, 5) is 15.2. The average Bonchev–Trinajstić information content (AvgIpc) is 3.29. The first-order valence-corrected chi connectivity index (χ1v) is 9.30. The molecule has 0 spiro atoms. The highest BCUT2D eigenvalue weighted by Gasteiger charge is 2.34. The molecule has 1 fully saturated rings. The van der Waals surface area contributed by atoms with Gasteiger partial charge in [0.15, 0.2) is 0 Å². The van der Waals surface area contributed by atoms with Crippen LogP contribution in [0.3, 0.4) is 0 Å². The van der Waals surface area contributed by atoms with Crippen LogP contribution in [0.5, 0.6) is 0 Å². The van der Waals surface area contributed by atoms with Crippen LogP contribution in [0.15, 0.2) is 60.8 Å². The molecule has 0 radical (unpaired) electrons. The van der Waals surface area contributed by atoms with E-state index in [4.69, 9.17) is 0 Å². The number of aromatic nitrogens is 1. The smallest absolute Gasteiger partial charge is 0.241 e. The summed E-state index contributed by atoms with van der Waals surface area (Å²) in [6.07, 6.45) is 4.31. The number of fused-ring (bicyclic) bond motifs is 1. The molecule has 3 aromatic rings. The summed E-state index contributed by atoms with van der Waals surface area (Å²) in [7, 11) is 2.08. The zero-order valence-electron chi connectivity index (χ0n) is 15.4. The molecular weight excluding hydrogens is 322 g/mol.